The maximum Gasteiger partial charge on any atom is 0.0445 e. The van der Waals surface area contributed by atoms with E-state index >= 15 is 0 Å². The zero-order valence-electron chi connectivity index (χ0n) is 9.08. The summed E-state index contributed by atoms with van der Waals surface area (Å²) >= 11 is 0. The van der Waals surface area contributed by atoms with Gasteiger partial charge in [0.05, 0.1) is 0 Å². The monoisotopic (exact) mass is 198 g/mol. The van der Waals surface area contributed by atoms with Crippen LogP contribution in [0.3, 0.4) is 0 Å². The normalized spacial score (nSPS) is 38.6. The fourth-order valence-corrected chi connectivity index (χ4v) is 2.81. The van der Waals surface area contributed by atoms with Gasteiger partial charge in [-0.2, -0.15) is 0 Å². The van der Waals surface area contributed by atoms with Gasteiger partial charge in [-0.15, -0.1) is 0 Å². The van der Waals surface area contributed by atoms with Crippen molar-refractivity contribution in [3.8, 4) is 0 Å². The molecule has 2 heterocycles. The van der Waals surface area contributed by atoms with E-state index in [2.05, 4.69) is 17.1 Å². The molecule has 2 bridgehead atoms. The van der Waals surface area contributed by atoms with E-state index in [0.29, 0.717) is 18.7 Å². The highest BCUT2D eigenvalue weighted by Gasteiger charge is 2.34. The molecule has 82 valence electrons. The van der Waals surface area contributed by atoms with Crippen LogP contribution in [0.2, 0.25) is 0 Å². The van der Waals surface area contributed by atoms with Crippen LogP contribution in [0.25, 0.3) is 0 Å². The molecule has 0 aliphatic carbocycles. The minimum atomic E-state index is 0.303. The maximum absolute atomic E-state index is 8.85. The number of piperidine rings is 1. The number of fused-ring (bicyclic) bond motifs is 2. The summed E-state index contributed by atoms with van der Waals surface area (Å²) in [4.78, 5) is 2.57. The third-order valence-corrected chi connectivity index (χ3v) is 3.69. The average Bonchev–Trinajstić information content (AvgIpc) is 2.54. The summed E-state index contributed by atoms with van der Waals surface area (Å²) in [6.45, 7) is 6.34. The minimum Gasteiger partial charge on any atom is -0.396 e. The topological polar surface area (TPSA) is 35.5 Å². The van der Waals surface area contributed by atoms with Crippen LogP contribution in [0.4, 0.5) is 0 Å². The molecule has 4 atom stereocenters. The van der Waals surface area contributed by atoms with Crippen molar-refractivity contribution in [1.82, 2.24) is 10.2 Å². The largest absolute Gasteiger partial charge is 0.396 e. The highest BCUT2D eigenvalue weighted by Crippen LogP contribution is 2.27. The molecular weight excluding hydrogens is 176 g/mol. The predicted octanol–water partition coefficient (Wildman–Crippen LogP) is 0.441. The third kappa shape index (κ3) is 2.27. The molecule has 3 heteroatoms. The van der Waals surface area contributed by atoms with Crippen LogP contribution in [0.1, 0.15) is 26.2 Å². The van der Waals surface area contributed by atoms with E-state index in [4.69, 9.17) is 5.11 Å². The molecule has 4 unspecified atom stereocenters. The predicted molar refractivity (Wildman–Crippen MR) is 57.3 cm³/mol. The van der Waals surface area contributed by atoms with Crippen LogP contribution in [0.15, 0.2) is 0 Å². The van der Waals surface area contributed by atoms with Gasteiger partial charge >= 0.3 is 0 Å². The molecule has 0 saturated carbocycles. The van der Waals surface area contributed by atoms with Gasteiger partial charge in [0.2, 0.25) is 0 Å². The van der Waals surface area contributed by atoms with E-state index < -0.39 is 0 Å². The molecule has 0 aromatic carbocycles. The number of hydrogen-bond acceptors (Lipinski definition) is 3. The summed E-state index contributed by atoms with van der Waals surface area (Å²) in [7, 11) is 0. The zero-order valence-corrected chi connectivity index (χ0v) is 9.08. The van der Waals surface area contributed by atoms with Gasteiger partial charge in [0, 0.05) is 25.2 Å². The quantitative estimate of drug-likeness (QED) is 0.688. The highest BCUT2D eigenvalue weighted by atomic mass is 16.3. The van der Waals surface area contributed by atoms with Gasteiger partial charge in [0.1, 0.15) is 0 Å². The summed E-state index contributed by atoms with van der Waals surface area (Å²) in [5.74, 6) is 0.866. The van der Waals surface area contributed by atoms with Gasteiger partial charge in [0.15, 0.2) is 0 Å². The molecule has 0 aromatic rings. The lowest BCUT2D eigenvalue weighted by molar-refractivity contribution is 0.199. The van der Waals surface area contributed by atoms with Crippen LogP contribution < -0.4 is 5.32 Å². The Bertz CT molecular complexity index is 186. The second-order valence-corrected chi connectivity index (χ2v) is 4.82. The van der Waals surface area contributed by atoms with Crippen LogP contribution in [0.5, 0.6) is 0 Å². The van der Waals surface area contributed by atoms with Crippen molar-refractivity contribution in [2.45, 2.75) is 38.3 Å². The maximum atomic E-state index is 8.85. The first-order valence-electron chi connectivity index (χ1n) is 5.89. The van der Waals surface area contributed by atoms with E-state index in [0.717, 1.165) is 12.3 Å². The average molecular weight is 198 g/mol. The molecule has 0 spiro atoms. The number of rotatable bonds is 4. The fraction of sp³-hybridized carbons (Fsp3) is 1.00. The third-order valence-electron chi connectivity index (χ3n) is 3.69. The molecule has 0 aromatic heterocycles. The lowest BCUT2D eigenvalue weighted by Gasteiger charge is -2.33. The first kappa shape index (κ1) is 10.4. The van der Waals surface area contributed by atoms with Gasteiger partial charge in [0.25, 0.3) is 0 Å². The van der Waals surface area contributed by atoms with Crippen molar-refractivity contribution in [3.05, 3.63) is 0 Å². The molecule has 0 amide bonds. The Hall–Kier alpha value is -0.120. The Labute approximate surface area is 86.5 Å². The van der Waals surface area contributed by atoms with Crippen LogP contribution in [-0.4, -0.2) is 48.3 Å². The molecule has 2 rings (SSSR count). The van der Waals surface area contributed by atoms with Crippen molar-refractivity contribution < 1.29 is 5.11 Å². The van der Waals surface area contributed by atoms with Crippen molar-refractivity contribution in [1.29, 1.82) is 0 Å². The molecule has 14 heavy (non-hydrogen) atoms. The summed E-state index contributed by atoms with van der Waals surface area (Å²) in [5, 5.41) is 12.5. The van der Waals surface area contributed by atoms with Crippen molar-refractivity contribution in [2.75, 3.05) is 26.2 Å². The molecule has 2 saturated heterocycles. The van der Waals surface area contributed by atoms with Crippen LogP contribution in [-0.2, 0) is 0 Å². The van der Waals surface area contributed by atoms with Crippen LogP contribution in [0, 0.1) is 5.92 Å². The second kappa shape index (κ2) is 4.60. The lowest BCUT2D eigenvalue weighted by atomic mass is 9.93. The number of nitrogens with zero attached hydrogens (tertiary/aromatic N) is 1. The summed E-state index contributed by atoms with van der Waals surface area (Å²) < 4.78 is 0. The smallest absolute Gasteiger partial charge is 0.0445 e. The Morgan fingerprint density at radius 3 is 3.00 bits per heavy atom. The SMILES string of the molecule is CC(CCO)NC1CCN2CCC1C2. The molecule has 0 radical (unpaired) electrons. The molecular formula is C11H22N2O. The van der Waals surface area contributed by atoms with Gasteiger partial charge in [-0.1, -0.05) is 0 Å². The second-order valence-electron chi connectivity index (χ2n) is 4.82. The number of aliphatic hydroxyl groups is 1. The van der Waals surface area contributed by atoms with Gasteiger partial charge in [-0.25, -0.2) is 0 Å². The van der Waals surface area contributed by atoms with E-state index in [1.807, 2.05) is 0 Å². The lowest BCUT2D eigenvalue weighted by Crippen LogP contribution is -2.47. The highest BCUT2D eigenvalue weighted by molar-refractivity contribution is 4.91. The van der Waals surface area contributed by atoms with E-state index in [1.165, 1.54) is 32.5 Å². The number of nitrogens with one attached hydrogen (secondary N) is 1. The minimum absolute atomic E-state index is 0.303. The molecule has 2 aliphatic heterocycles. The van der Waals surface area contributed by atoms with E-state index in [9.17, 15) is 0 Å². The van der Waals surface area contributed by atoms with Gasteiger partial charge < -0.3 is 15.3 Å². The standard InChI is InChI=1S/C11H22N2O/c1-9(4-7-14)12-11-3-6-13-5-2-10(11)8-13/h9-12,14H,2-8H2,1H3. The van der Waals surface area contributed by atoms with Gasteiger partial charge in [-0.05, 0) is 45.2 Å². The summed E-state index contributed by atoms with van der Waals surface area (Å²) in [6.07, 6.45) is 3.54. The summed E-state index contributed by atoms with van der Waals surface area (Å²) in [5.41, 5.74) is 0. The van der Waals surface area contributed by atoms with E-state index in [1.54, 1.807) is 0 Å². The Morgan fingerprint density at radius 2 is 2.21 bits per heavy atom. The fourth-order valence-electron chi connectivity index (χ4n) is 2.81. The number of hydrogen-bond donors (Lipinski definition) is 2. The number of aliphatic hydroxyl groups excluding tert-OH is 1. The van der Waals surface area contributed by atoms with Crippen LogP contribution >= 0.6 is 0 Å². The Balaban J connectivity index is 1.79. The van der Waals surface area contributed by atoms with Crippen molar-refractivity contribution in [2.24, 2.45) is 5.92 Å². The Kier molecular flexibility index (Phi) is 3.42. The van der Waals surface area contributed by atoms with Crippen molar-refractivity contribution >= 4 is 0 Å². The molecule has 2 aliphatic rings. The van der Waals surface area contributed by atoms with E-state index in [-0.39, 0.29) is 0 Å². The zero-order chi connectivity index (χ0) is 9.97. The Morgan fingerprint density at radius 1 is 1.43 bits per heavy atom. The molecule has 3 nitrogen and oxygen atoms in total. The molecule has 2 N–H and O–H groups in total. The molecule has 2 fully saturated rings. The summed E-state index contributed by atoms with van der Waals surface area (Å²) in [6, 6.07) is 1.17. The first-order valence-corrected chi connectivity index (χ1v) is 5.89. The first-order chi connectivity index (χ1) is 6.79. The van der Waals surface area contributed by atoms with Gasteiger partial charge in [-0.3, -0.25) is 0 Å². The van der Waals surface area contributed by atoms with Crippen molar-refractivity contribution in [3.63, 3.8) is 0 Å².